The second-order valence-corrected chi connectivity index (χ2v) is 7.18. The lowest BCUT2D eigenvalue weighted by Gasteiger charge is -2.28. The Bertz CT molecular complexity index is 927. The number of carbonyl (C=O) groups excluding carboxylic acids is 2. The zero-order valence-corrected chi connectivity index (χ0v) is 16.2. The van der Waals surface area contributed by atoms with Crippen LogP contribution in [0.1, 0.15) is 27.9 Å². The lowest BCUT2D eigenvalue weighted by Crippen LogP contribution is -2.34. The Morgan fingerprint density at radius 3 is 2.82 bits per heavy atom. The first-order valence-electron chi connectivity index (χ1n) is 9.06. The molecule has 1 aromatic carbocycles. The first-order chi connectivity index (χ1) is 13.5. The molecule has 2 amide bonds. The third kappa shape index (κ3) is 3.48. The molecule has 0 spiro atoms. The van der Waals surface area contributed by atoms with Crippen molar-refractivity contribution >= 4 is 29.1 Å². The van der Waals surface area contributed by atoms with Crippen LogP contribution in [0.2, 0.25) is 5.15 Å². The van der Waals surface area contributed by atoms with E-state index >= 15 is 0 Å². The Kier molecular flexibility index (Phi) is 5.05. The van der Waals surface area contributed by atoms with E-state index < -0.39 is 5.79 Å². The number of aromatic nitrogens is 1. The highest BCUT2D eigenvalue weighted by atomic mass is 35.5. The molecule has 28 heavy (non-hydrogen) atoms. The molecule has 0 unspecified atom stereocenters. The van der Waals surface area contributed by atoms with Gasteiger partial charge in [-0.15, -0.1) is 0 Å². The fourth-order valence-electron chi connectivity index (χ4n) is 3.60. The number of hydrogen-bond acceptors (Lipinski definition) is 5. The molecule has 3 heterocycles. The van der Waals surface area contributed by atoms with E-state index in [0.717, 1.165) is 16.8 Å². The van der Waals surface area contributed by atoms with Gasteiger partial charge in [-0.3, -0.25) is 9.59 Å². The summed E-state index contributed by atoms with van der Waals surface area (Å²) in [6, 6.07) is 8.92. The van der Waals surface area contributed by atoms with E-state index in [9.17, 15) is 9.59 Å². The highest BCUT2D eigenvalue weighted by molar-refractivity contribution is 6.29. The summed E-state index contributed by atoms with van der Waals surface area (Å²) >= 11 is 5.84. The zero-order chi connectivity index (χ0) is 19.7. The molecule has 2 aromatic rings. The van der Waals surface area contributed by atoms with Gasteiger partial charge in [0, 0.05) is 43.0 Å². The second-order valence-electron chi connectivity index (χ2n) is 6.80. The van der Waals surface area contributed by atoms with E-state index in [4.69, 9.17) is 21.1 Å². The molecule has 2 aliphatic rings. The summed E-state index contributed by atoms with van der Waals surface area (Å²) in [6.07, 6.45) is 2.31. The minimum Gasteiger partial charge on any atom is -0.352 e. The number of benzene rings is 1. The first-order valence-corrected chi connectivity index (χ1v) is 9.44. The number of pyridine rings is 1. The molecule has 146 valence electrons. The normalized spacial score (nSPS) is 17.6. The number of fused-ring (bicyclic) bond motifs is 1. The van der Waals surface area contributed by atoms with Crippen molar-refractivity contribution in [3.8, 4) is 0 Å². The minimum absolute atomic E-state index is 0.0673. The van der Waals surface area contributed by atoms with Gasteiger partial charge >= 0.3 is 0 Å². The fraction of sp³-hybridized carbons (Fsp3) is 0.350. The van der Waals surface area contributed by atoms with E-state index in [0.29, 0.717) is 38.2 Å². The molecular weight excluding hydrogens is 382 g/mol. The largest absolute Gasteiger partial charge is 0.352 e. The van der Waals surface area contributed by atoms with Crippen molar-refractivity contribution in [1.29, 1.82) is 0 Å². The number of nitrogens with zero attached hydrogens (tertiary/aromatic N) is 2. The van der Waals surface area contributed by atoms with Crippen LogP contribution in [0.25, 0.3) is 0 Å². The molecule has 4 rings (SSSR count). The smallest absolute Gasteiger partial charge is 0.251 e. The standard InChI is InChI=1S/C20H20ClN3O4/c1-24-16-3-2-15(10-14(16)12-18(24)25)20(27-8-9-28-20)5-7-23-19(26)13-4-6-22-17(21)11-13/h2-4,6,10-11H,5,7-9,12H2,1H3,(H,23,26). The van der Waals surface area contributed by atoms with Crippen LogP contribution in [0.4, 0.5) is 5.69 Å². The average molecular weight is 402 g/mol. The Morgan fingerprint density at radius 2 is 2.07 bits per heavy atom. The lowest BCUT2D eigenvalue weighted by atomic mass is 9.98. The number of halogens is 1. The summed E-state index contributed by atoms with van der Waals surface area (Å²) in [5.74, 6) is -1.10. The summed E-state index contributed by atoms with van der Waals surface area (Å²) in [4.78, 5) is 29.8. The van der Waals surface area contributed by atoms with Gasteiger partial charge in [-0.2, -0.15) is 0 Å². The van der Waals surface area contributed by atoms with Crippen molar-refractivity contribution in [2.24, 2.45) is 0 Å². The van der Waals surface area contributed by atoms with Crippen molar-refractivity contribution in [3.05, 3.63) is 58.4 Å². The Labute approximate surface area is 167 Å². The lowest BCUT2D eigenvalue weighted by molar-refractivity contribution is -0.169. The van der Waals surface area contributed by atoms with Gasteiger partial charge in [-0.25, -0.2) is 4.98 Å². The summed E-state index contributed by atoms with van der Waals surface area (Å²) in [7, 11) is 1.77. The topological polar surface area (TPSA) is 80.8 Å². The summed E-state index contributed by atoms with van der Waals surface area (Å²) < 4.78 is 11.9. The monoisotopic (exact) mass is 401 g/mol. The van der Waals surface area contributed by atoms with Crippen LogP contribution in [-0.4, -0.2) is 43.6 Å². The molecule has 7 nitrogen and oxygen atoms in total. The second kappa shape index (κ2) is 7.50. The third-order valence-electron chi connectivity index (χ3n) is 5.08. The number of amides is 2. The van der Waals surface area contributed by atoms with Crippen molar-refractivity contribution in [1.82, 2.24) is 10.3 Å². The molecular formula is C20H20ClN3O4. The Morgan fingerprint density at radius 1 is 1.29 bits per heavy atom. The maximum atomic E-state index is 12.3. The van der Waals surface area contributed by atoms with E-state index in [1.807, 2.05) is 18.2 Å². The molecule has 0 radical (unpaired) electrons. The maximum Gasteiger partial charge on any atom is 0.251 e. The van der Waals surface area contributed by atoms with Gasteiger partial charge in [0.15, 0.2) is 5.79 Å². The zero-order valence-electron chi connectivity index (χ0n) is 15.4. The van der Waals surface area contributed by atoms with E-state index in [2.05, 4.69) is 10.3 Å². The molecule has 1 aromatic heterocycles. The number of ether oxygens (including phenoxy) is 2. The van der Waals surface area contributed by atoms with E-state index in [1.165, 1.54) is 12.3 Å². The Balaban J connectivity index is 1.48. The van der Waals surface area contributed by atoms with Gasteiger partial charge < -0.3 is 19.7 Å². The third-order valence-corrected chi connectivity index (χ3v) is 5.29. The van der Waals surface area contributed by atoms with Crippen LogP contribution in [0, 0.1) is 0 Å². The van der Waals surface area contributed by atoms with Gasteiger partial charge in [0.2, 0.25) is 5.91 Å². The maximum absolute atomic E-state index is 12.3. The number of hydrogen-bond donors (Lipinski definition) is 1. The van der Waals surface area contributed by atoms with E-state index in [-0.39, 0.29) is 17.0 Å². The minimum atomic E-state index is -0.928. The molecule has 0 aliphatic carbocycles. The van der Waals surface area contributed by atoms with Crippen molar-refractivity contribution in [3.63, 3.8) is 0 Å². The van der Waals surface area contributed by atoms with Crippen LogP contribution in [0.15, 0.2) is 36.5 Å². The average Bonchev–Trinajstić information content (AvgIpc) is 3.27. The molecule has 0 saturated carbocycles. The van der Waals surface area contributed by atoms with Crippen LogP contribution >= 0.6 is 11.6 Å². The van der Waals surface area contributed by atoms with Gasteiger partial charge in [-0.05, 0) is 29.8 Å². The Hall–Kier alpha value is -2.48. The molecule has 1 N–H and O–H groups in total. The summed E-state index contributed by atoms with van der Waals surface area (Å²) in [5, 5.41) is 3.13. The van der Waals surface area contributed by atoms with E-state index in [1.54, 1.807) is 18.0 Å². The summed E-state index contributed by atoms with van der Waals surface area (Å²) in [6.45, 7) is 1.31. The highest BCUT2D eigenvalue weighted by Gasteiger charge is 2.39. The van der Waals surface area contributed by atoms with Crippen LogP contribution in [-0.2, 0) is 26.5 Å². The molecule has 0 atom stereocenters. The number of rotatable bonds is 5. The first kappa shape index (κ1) is 18.9. The van der Waals surface area contributed by atoms with Crippen LogP contribution in [0.5, 0.6) is 0 Å². The van der Waals surface area contributed by atoms with Gasteiger partial charge in [0.25, 0.3) is 5.91 Å². The molecule has 1 saturated heterocycles. The number of likely N-dealkylation sites (N-methyl/N-ethyl adjacent to an activating group) is 1. The SMILES string of the molecule is CN1C(=O)Cc2cc(C3(CCNC(=O)c4ccnc(Cl)c4)OCCO3)ccc21. The van der Waals surface area contributed by atoms with Crippen molar-refractivity contribution < 1.29 is 19.1 Å². The van der Waals surface area contributed by atoms with Gasteiger partial charge in [0.1, 0.15) is 5.15 Å². The quantitative estimate of drug-likeness (QED) is 0.777. The van der Waals surface area contributed by atoms with Gasteiger partial charge in [0.05, 0.1) is 19.6 Å². The summed E-state index contributed by atoms with van der Waals surface area (Å²) in [5.41, 5.74) is 3.16. The molecule has 0 bridgehead atoms. The van der Waals surface area contributed by atoms with Crippen molar-refractivity contribution in [2.45, 2.75) is 18.6 Å². The predicted molar refractivity (Wildman–Crippen MR) is 103 cm³/mol. The van der Waals surface area contributed by atoms with Crippen LogP contribution in [0.3, 0.4) is 0 Å². The molecule has 8 heteroatoms. The van der Waals surface area contributed by atoms with Crippen molar-refractivity contribution in [2.75, 3.05) is 31.7 Å². The highest BCUT2D eigenvalue weighted by Crippen LogP contribution is 2.38. The predicted octanol–water partition coefficient (Wildman–Crippen LogP) is 2.27. The number of anilines is 1. The fourth-order valence-corrected chi connectivity index (χ4v) is 3.78. The number of carbonyl (C=O) groups is 2. The molecule has 1 fully saturated rings. The van der Waals surface area contributed by atoms with Crippen LogP contribution < -0.4 is 10.2 Å². The number of nitrogens with one attached hydrogen (secondary N) is 1. The molecule has 2 aliphatic heterocycles. The van der Waals surface area contributed by atoms with Gasteiger partial charge in [-0.1, -0.05) is 17.7 Å².